The Hall–Kier alpha value is -1.49. The van der Waals surface area contributed by atoms with Gasteiger partial charge < -0.3 is 9.80 Å². The maximum absolute atomic E-state index is 12.4. The van der Waals surface area contributed by atoms with Crippen LogP contribution < -0.4 is 0 Å². The summed E-state index contributed by atoms with van der Waals surface area (Å²) in [6.07, 6.45) is 8.14. The average molecular weight is 363 g/mol. The van der Waals surface area contributed by atoms with Crippen LogP contribution in [0.1, 0.15) is 46.0 Å². The fourth-order valence-electron chi connectivity index (χ4n) is 3.08. The lowest BCUT2D eigenvalue weighted by molar-refractivity contribution is -0.135. The molecule has 2 amide bonds. The Morgan fingerprint density at radius 1 is 1.00 bits per heavy atom. The Kier molecular flexibility index (Phi) is 5.87. The minimum absolute atomic E-state index is 0.166. The molecule has 0 spiro atoms. The zero-order chi connectivity index (χ0) is 18.8. The molecule has 0 unspecified atom stereocenters. The lowest BCUT2D eigenvalue weighted by atomic mass is 10.1. The molecule has 0 atom stereocenters. The normalized spacial score (nSPS) is 19.8. The summed E-state index contributed by atoms with van der Waals surface area (Å²) < 4.78 is 0. The average Bonchev–Trinajstić information content (AvgIpc) is 3.45. The molecular formula is C20H30N2O2S. The zero-order valence-corrected chi connectivity index (χ0v) is 16.7. The maximum atomic E-state index is 12.4. The molecule has 0 radical (unpaired) electrons. The van der Waals surface area contributed by atoms with E-state index < -0.39 is 0 Å². The smallest absolute Gasteiger partial charge is 0.228 e. The van der Waals surface area contributed by atoms with Gasteiger partial charge in [-0.1, -0.05) is 44.8 Å². The summed E-state index contributed by atoms with van der Waals surface area (Å²) in [5.41, 5.74) is 0.718. The molecule has 0 aromatic rings. The van der Waals surface area contributed by atoms with E-state index in [-0.39, 0.29) is 22.6 Å². The molecule has 25 heavy (non-hydrogen) atoms. The highest BCUT2D eigenvalue weighted by Crippen LogP contribution is 2.47. The van der Waals surface area contributed by atoms with Gasteiger partial charge in [-0.05, 0) is 31.3 Å². The number of allylic oxidation sites excluding steroid dienone is 2. The molecule has 4 nitrogen and oxygen atoms in total. The Morgan fingerprint density at radius 2 is 1.44 bits per heavy atom. The van der Waals surface area contributed by atoms with Gasteiger partial charge in [0.15, 0.2) is 0 Å². The van der Waals surface area contributed by atoms with Gasteiger partial charge in [0.25, 0.3) is 0 Å². The van der Waals surface area contributed by atoms with Crippen LogP contribution >= 0.6 is 12.2 Å². The molecule has 0 saturated heterocycles. The number of thiocarbonyl (C=S) groups is 1. The highest BCUT2D eigenvalue weighted by molar-refractivity contribution is 7.80. The van der Waals surface area contributed by atoms with Crippen LogP contribution in [-0.2, 0) is 9.59 Å². The van der Waals surface area contributed by atoms with E-state index in [1.165, 1.54) is 0 Å². The topological polar surface area (TPSA) is 40.6 Å². The number of hydrogen-bond acceptors (Lipinski definition) is 3. The van der Waals surface area contributed by atoms with Gasteiger partial charge in [-0.25, -0.2) is 0 Å². The van der Waals surface area contributed by atoms with Crippen molar-refractivity contribution in [3.8, 4) is 0 Å². The minimum Gasteiger partial charge on any atom is -0.341 e. The van der Waals surface area contributed by atoms with Crippen LogP contribution in [0.4, 0.5) is 0 Å². The SMILES string of the molecule is C=C/C=C(\CC(=S)CN(C)C(=O)C1(C)CC1)CN(C)C(=O)C1(C)CC1. The van der Waals surface area contributed by atoms with Crippen LogP contribution in [0, 0.1) is 10.8 Å². The fraction of sp³-hybridized carbons (Fsp3) is 0.650. The summed E-state index contributed by atoms with van der Waals surface area (Å²) in [7, 11) is 3.66. The summed E-state index contributed by atoms with van der Waals surface area (Å²) in [5.74, 6) is 0.375. The van der Waals surface area contributed by atoms with Crippen molar-refractivity contribution in [2.45, 2.75) is 46.0 Å². The highest BCUT2D eigenvalue weighted by Gasteiger charge is 2.47. The molecule has 0 aromatic heterocycles. The number of amides is 2. The molecule has 0 bridgehead atoms. The van der Waals surface area contributed by atoms with Gasteiger partial charge in [0.05, 0.1) is 6.54 Å². The predicted molar refractivity (Wildman–Crippen MR) is 105 cm³/mol. The van der Waals surface area contributed by atoms with E-state index in [0.29, 0.717) is 19.5 Å². The molecule has 2 rings (SSSR count). The predicted octanol–water partition coefficient (Wildman–Crippen LogP) is 3.38. The first kappa shape index (κ1) is 19.8. The molecule has 0 aromatic carbocycles. The van der Waals surface area contributed by atoms with Crippen molar-refractivity contribution < 1.29 is 9.59 Å². The summed E-state index contributed by atoms with van der Waals surface area (Å²) >= 11 is 5.52. The second-order valence-electron chi connectivity index (χ2n) is 8.22. The van der Waals surface area contributed by atoms with Crippen LogP contribution in [-0.4, -0.2) is 53.7 Å². The molecule has 2 fully saturated rings. The lowest BCUT2D eigenvalue weighted by Crippen LogP contribution is -2.37. The van der Waals surface area contributed by atoms with Crippen molar-refractivity contribution >= 4 is 28.9 Å². The number of carbonyl (C=O) groups excluding carboxylic acids is 2. The Bertz CT molecular complexity index is 615. The molecular weight excluding hydrogens is 332 g/mol. The lowest BCUT2D eigenvalue weighted by Gasteiger charge is -2.24. The van der Waals surface area contributed by atoms with E-state index in [0.717, 1.165) is 36.1 Å². The van der Waals surface area contributed by atoms with E-state index >= 15 is 0 Å². The van der Waals surface area contributed by atoms with Crippen molar-refractivity contribution in [2.24, 2.45) is 10.8 Å². The third-order valence-electron chi connectivity index (χ3n) is 5.36. The summed E-state index contributed by atoms with van der Waals surface area (Å²) in [4.78, 5) is 29.1. The van der Waals surface area contributed by atoms with Gasteiger partial charge in [-0.2, -0.15) is 0 Å². The number of carbonyl (C=O) groups is 2. The van der Waals surface area contributed by atoms with Crippen molar-refractivity contribution in [3.05, 3.63) is 24.3 Å². The third-order valence-corrected chi connectivity index (χ3v) is 5.63. The van der Waals surface area contributed by atoms with Gasteiger partial charge in [-0.3, -0.25) is 9.59 Å². The molecule has 2 aliphatic rings. The van der Waals surface area contributed by atoms with Gasteiger partial charge >= 0.3 is 0 Å². The number of likely N-dealkylation sites (N-methyl/N-ethyl adjacent to an activating group) is 1. The number of hydrogen-bond donors (Lipinski definition) is 0. The Balaban J connectivity index is 1.88. The fourth-order valence-corrected chi connectivity index (χ4v) is 3.46. The van der Waals surface area contributed by atoms with E-state index in [2.05, 4.69) is 6.58 Å². The van der Waals surface area contributed by atoms with Crippen molar-refractivity contribution in [3.63, 3.8) is 0 Å². The van der Waals surface area contributed by atoms with E-state index in [4.69, 9.17) is 12.2 Å². The van der Waals surface area contributed by atoms with E-state index in [1.807, 2.05) is 34.0 Å². The molecule has 2 aliphatic carbocycles. The summed E-state index contributed by atoms with van der Waals surface area (Å²) in [5, 5.41) is 0. The quantitative estimate of drug-likeness (QED) is 0.466. The largest absolute Gasteiger partial charge is 0.341 e. The van der Waals surface area contributed by atoms with Crippen molar-refractivity contribution in [2.75, 3.05) is 27.2 Å². The Labute approximate surface area is 156 Å². The number of nitrogens with zero attached hydrogens (tertiary/aromatic N) is 2. The summed E-state index contributed by atoms with van der Waals surface area (Å²) in [6, 6.07) is 0. The van der Waals surface area contributed by atoms with Gasteiger partial charge in [0.1, 0.15) is 0 Å². The first-order valence-corrected chi connectivity index (χ1v) is 9.35. The maximum Gasteiger partial charge on any atom is 0.228 e. The second-order valence-corrected chi connectivity index (χ2v) is 8.80. The van der Waals surface area contributed by atoms with Gasteiger partial charge in [-0.15, -0.1) is 0 Å². The molecule has 138 valence electrons. The van der Waals surface area contributed by atoms with E-state index in [9.17, 15) is 9.59 Å². The number of rotatable bonds is 9. The van der Waals surface area contributed by atoms with Gasteiger partial charge in [0, 0.05) is 42.8 Å². The monoisotopic (exact) mass is 362 g/mol. The highest BCUT2D eigenvalue weighted by atomic mass is 32.1. The van der Waals surface area contributed by atoms with Gasteiger partial charge in [0.2, 0.25) is 11.8 Å². The molecule has 0 N–H and O–H groups in total. The standard InChI is InChI=1S/C20H30N2O2S/c1-6-7-15(13-21(4)17(23)19(2)8-9-19)12-16(25)14-22(5)18(24)20(3)10-11-20/h6-7H,1,8-14H2,2-5H3/b15-7+. The molecule has 0 heterocycles. The van der Waals surface area contributed by atoms with Crippen LogP contribution in [0.15, 0.2) is 24.3 Å². The first-order chi connectivity index (χ1) is 11.6. The van der Waals surface area contributed by atoms with Crippen molar-refractivity contribution in [1.29, 1.82) is 0 Å². The molecule has 2 saturated carbocycles. The third kappa shape index (κ3) is 5.00. The van der Waals surface area contributed by atoms with Crippen LogP contribution in [0.5, 0.6) is 0 Å². The van der Waals surface area contributed by atoms with Crippen LogP contribution in [0.25, 0.3) is 0 Å². The molecule has 5 heteroatoms. The van der Waals surface area contributed by atoms with Crippen LogP contribution in [0.3, 0.4) is 0 Å². The van der Waals surface area contributed by atoms with Crippen LogP contribution in [0.2, 0.25) is 0 Å². The summed E-state index contributed by atoms with van der Waals surface area (Å²) in [6.45, 7) is 8.83. The van der Waals surface area contributed by atoms with E-state index in [1.54, 1.807) is 15.9 Å². The second kappa shape index (κ2) is 7.40. The Morgan fingerprint density at radius 3 is 1.84 bits per heavy atom. The molecule has 0 aliphatic heterocycles. The zero-order valence-electron chi connectivity index (χ0n) is 15.9. The van der Waals surface area contributed by atoms with Crippen molar-refractivity contribution in [1.82, 2.24) is 9.80 Å². The minimum atomic E-state index is -0.170. The first-order valence-electron chi connectivity index (χ1n) is 8.95.